The third-order valence-electron chi connectivity index (χ3n) is 5.19. The van der Waals surface area contributed by atoms with Gasteiger partial charge in [0, 0.05) is 24.5 Å². The molecule has 3 aromatic rings. The molecule has 0 spiro atoms. The van der Waals surface area contributed by atoms with Gasteiger partial charge >= 0.3 is 5.97 Å². The molecule has 0 aliphatic carbocycles. The van der Waals surface area contributed by atoms with Crippen molar-refractivity contribution in [2.24, 2.45) is 5.92 Å². The number of carbonyl (C=O) groups is 1. The summed E-state index contributed by atoms with van der Waals surface area (Å²) in [5.41, 5.74) is 2.49. The summed E-state index contributed by atoms with van der Waals surface area (Å²) < 4.78 is 11.8. The monoisotopic (exact) mass is 438 g/mol. The van der Waals surface area contributed by atoms with Gasteiger partial charge in [0.2, 0.25) is 0 Å². The highest BCUT2D eigenvalue weighted by Gasteiger charge is 2.22. The van der Waals surface area contributed by atoms with E-state index in [2.05, 4.69) is 4.98 Å². The molecular weight excluding hydrogens is 412 g/mol. The van der Waals surface area contributed by atoms with Gasteiger partial charge < -0.3 is 14.3 Å². The number of thiazole rings is 1. The zero-order valence-corrected chi connectivity index (χ0v) is 18.1. The lowest BCUT2D eigenvalue weighted by Crippen LogP contribution is -2.36. The molecule has 0 N–H and O–H groups in total. The standard InChI is InChI=1S/C24H26N2O4S/c27-24(15-20-17-31-18-25-20)30-26-12-9-19(10-13-26)11-14-28-22-7-4-8-23(16-22)29-21-5-2-1-3-6-21/h1-8,16-19H,9-15H2. The fraction of sp³-hybridized carbons (Fsp3) is 0.333. The summed E-state index contributed by atoms with van der Waals surface area (Å²) in [5, 5.41) is 3.65. The van der Waals surface area contributed by atoms with Gasteiger partial charge in [-0.1, -0.05) is 24.3 Å². The van der Waals surface area contributed by atoms with Gasteiger partial charge in [0.1, 0.15) is 17.2 Å². The first-order valence-electron chi connectivity index (χ1n) is 10.5. The average molecular weight is 439 g/mol. The maximum Gasteiger partial charge on any atom is 0.331 e. The largest absolute Gasteiger partial charge is 0.493 e. The van der Waals surface area contributed by atoms with Crippen molar-refractivity contribution < 1.29 is 19.1 Å². The minimum Gasteiger partial charge on any atom is -0.493 e. The lowest BCUT2D eigenvalue weighted by Gasteiger charge is -2.30. The van der Waals surface area contributed by atoms with Crippen LogP contribution in [0.3, 0.4) is 0 Å². The van der Waals surface area contributed by atoms with Crippen molar-refractivity contribution in [3.8, 4) is 17.2 Å². The van der Waals surface area contributed by atoms with Crippen LogP contribution < -0.4 is 9.47 Å². The molecule has 31 heavy (non-hydrogen) atoms. The summed E-state index contributed by atoms with van der Waals surface area (Å²) in [6.45, 7) is 2.17. The predicted octanol–water partition coefficient (Wildman–Crippen LogP) is 5.12. The van der Waals surface area contributed by atoms with Crippen LogP contribution in [0.4, 0.5) is 0 Å². The Kier molecular flexibility index (Phi) is 7.52. The second-order valence-electron chi connectivity index (χ2n) is 7.52. The molecule has 1 saturated heterocycles. The molecule has 4 rings (SSSR count). The van der Waals surface area contributed by atoms with Crippen LogP contribution in [-0.2, 0) is 16.1 Å². The Balaban J connectivity index is 1.15. The Morgan fingerprint density at radius 1 is 1.03 bits per heavy atom. The van der Waals surface area contributed by atoms with E-state index in [0.717, 1.165) is 55.3 Å². The van der Waals surface area contributed by atoms with Gasteiger partial charge in [0.15, 0.2) is 0 Å². The molecule has 0 atom stereocenters. The van der Waals surface area contributed by atoms with E-state index in [1.54, 1.807) is 10.6 Å². The Labute approximate surface area is 186 Å². The van der Waals surface area contributed by atoms with Gasteiger partial charge in [-0.3, -0.25) is 0 Å². The molecule has 2 aromatic carbocycles. The molecule has 7 heteroatoms. The number of hydrogen-bond donors (Lipinski definition) is 0. The lowest BCUT2D eigenvalue weighted by molar-refractivity contribution is -0.196. The van der Waals surface area contributed by atoms with E-state index in [9.17, 15) is 4.79 Å². The zero-order valence-electron chi connectivity index (χ0n) is 17.3. The minimum absolute atomic E-state index is 0.227. The summed E-state index contributed by atoms with van der Waals surface area (Å²) in [6, 6.07) is 17.4. The van der Waals surface area contributed by atoms with Crippen molar-refractivity contribution in [3.05, 3.63) is 71.2 Å². The summed E-state index contributed by atoms with van der Waals surface area (Å²) >= 11 is 1.48. The van der Waals surface area contributed by atoms with E-state index in [1.807, 2.05) is 60.0 Å². The number of aromatic nitrogens is 1. The van der Waals surface area contributed by atoms with Crippen LogP contribution in [0.25, 0.3) is 0 Å². The third kappa shape index (κ3) is 6.80. The highest BCUT2D eigenvalue weighted by molar-refractivity contribution is 7.07. The second-order valence-corrected chi connectivity index (χ2v) is 8.24. The van der Waals surface area contributed by atoms with E-state index in [0.29, 0.717) is 12.5 Å². The second kappa shape index (κ2) is 10.9. The molecule has 0 bridgehead atoms. The van der Waals surface area contributed by atoms with Crippen molar-refractivity contribution in [1.29, 1.82) is 0 Å². The number of carbonyl (C=O) groups excluding carboxylic acids is 1. The van der Waals surface area contributed by atoms with Crippen LogP contribution in [0, 0.1) is 5.92 Å². The Morgan fingerprint density at radius 3 is 2.58 bits per heavy atom. The van der Waals surface area contributed by atoms with Crippen molar-refractivity contribution >= 4 is 17.3 Å². The van der Waals surface area contributed by atoms with Gasteiger partial charge in [-0.25, -0.2) is 9.78 Å². The Hall–Kier alpha value is -2.90. The Morgan fingerprint density at radius 2 is 1.81 bits per heavy atom. The van der Waals surface area contributed by atoms with E-state index < -0.39 is 0 Å². The van der Waals surface area contributed by atoms with Crippen LogP contribution in [-0.4, -0.2) is 35.7 Å². The van der Waals surface area contributed by atoms with E-state index in [-0.39, 0.29) is 12.4 Å². The first-order chi connectivity index (χ1) is 15.2. The van der Waals surface area contributed by atoms with Gasteiger partial charge in [-0.05, 0) is 49.4 Å². The number of piperidine rings is 1. The average Bonchev–Trinajstić information content (AvgIpc) is 3.29. The normalized spacial score (nSPS) is 14.8. The molecule has 162 valence electrons. The molecule has 0 unspecified atom stereocenters. The van der Waals surface area contributed by atoms with Crippen molar-refractivity contribution in [2.45, 2.75) is 25.7 Å². The molecule has 2 heterocycles. The number of nitrogens with zero attached hydrogens (tertiary/aromatic N) is 2. The molecule has 1 fully saturated rings. The molecule has 1 aromatic heterocycles. The van der Waals surface area contributed by atoms with Gasteiger partial charge in [0.05, 0.1) is 24.2 Å². The van der Waals surface area contributed by atoms with Crippen LogP contribution in [0.15, 0.2) is 65.5 Å². The fourth-order valence-corrected chi connectivity index (χ4v) is 4.09. The van der Waals surface area contributed by atoms with Crippen molar-refractivity contribution in [1.82, 2.24) is 10.0 Å². The predicted molar refractivity (Wildman–Crippen MR) is 119 cm³/mol. The van der Waals surface area contributed by atoms with Gasteiger partial charge in [0.25, 0.3) is 0 Å². The highest BCUT2D eigenvalue weighted by Crippen LogP contribution is 2.26. The van der Waals surface area contributed by atoms with Crippen LogP contribution >= 0.6 is 11.3 Å². The SMILES string of the molecule is O=C(Cc1cscn1)ON1CCC(CCOc2cccc(Oc3ccccc3)c2)CC1. The van der Waals surface area contributed by atoms with Crippen LogP contribution in [0.2, 0.25) is 0 Å². The fourth-order valence-electron chi connectivity index (χ4n) is 3.53. The van der Waals surface area contributed by atoms with E-state index in [1.165, 1.54) is 11.3 Å². The summed E-state index contributed by atoms with van der Waals surface area (Å²) in [7, 11) is 0. The van der Waals surface area contributed by atoms with Crippen molar-refractivity contribution in [2.75, 3.05) is 19.7 Å². The quantitative estimate of drug-likeness (QED) is 0.462. The summed E-state index contributed by atoms with van der Waals surface area (Å²) in [6.07, 6.45) is 3.18. The summed E-state index contributed by atoms with van der Waals surface area (Å²) in [4.78, 5) is 21.6. The Bertz CT molecular complexity index is 941. The third-order valence-corrected chi connectivity index (χ3v) is 5.83. The molecule has 0 radical (unpaired) electrons. The van der Waals surface area contributed by atoms with E-state index >= 15 is 0 Å². The number of benzene rings is 2. The number of hydrogen-bond acceptors (Lipinski definition) is 7. The molecule has 6 nitrogen and oxygen atoms in total. The van der Waals surface area contributed by atoms with Gasteiger partial charge in [-0.15, -0.1) is 16.4 Å². The van der Waals surface area contributed by atoms with Crippen LogP contribution in [0.5, 0.6) is 17.2 Å². The van der Waals surface area contributed by atoms with Crippen molar-refractivity contribution in [3.63, 3.8) is 0 Å². The molecule has 1 aliphatic rings. The highest BCUT2D eigenvalue weighted by atomic mass is 32.1. The molecular formula is C24H26N2O4S. The number of hydroxylamine groups is 2. The molecule has 0 amide bonds. The maximum atomic E-state index is 12.0. The first-order valence-corrected chi connectivity index (χ1v) is 11.5. The van der Waals surface area contributed by atoms with Gasteiger partial charge in [-0.2, -0.15) is 0 Å². The number of rotatable bonds is 9. The smallest absolute Gasteiger partial charge is 0.331 e. The lowest BCUT2D eigenvalue weighted by atomic mass is 9.95. The number of para-hydroxylation sites is 1. The maximum absolute atomic E-state index is 12.0. The topological polar surface area (TPSA) is 60.9 Å². The minimum atomic E-state index is -0.245. The summed E-state index contributed by atoms with van der Waals surface area (Å²) in [5.74, 6) is 2.69. The van der Waals surface area contributed by atoms with E-state index in [4.69, 9.17) is 14.3 Å². The number of ether oxygens (including phenoxy) is 2. The van der Waals surface area contributed by atoms with Crippen LogP contribution in [0.1, 0.15) is 25.0 Å². The molecule has 1 aliphatic heterocycles. The first kappa shape index (κ1) is 21.3. The zero-order chi connectivity index (χ0) is 21.3. The molecule has 0 saturated carbocycles.